The first-order valence-electron chi connectivity index (χ1n) is 11.9. The third-order valence-electron chi connectivity index (χ3n) is 5.76. The fourth-order valence-electron chi connectivity index (χ4n) is 4.00. The molecule has 0 saturated carbocycles. The van der Waals surface area contributed by atoms with Crippen LogP contribution in [0, 0.1) is 11.3 Å². The van der Waals surface area contributed by atoms with Gasteiger partial charge in [0.05, 0.1) is 6.07 Å². The van der Waals surface area contributed by atoms with Crippen LogP contribution in [0.15, 0.2) is 88.7 Å². The van der Waals surface area contributed by atoms with Crippen LogP contribution >= 0.6 is 0 Å². The van der Waals surface area contributed by atoms with Crippen LogP contribution in [-0.4, -0.2) is 46.9 Å². The third kappa shape index (κ3) is 6.70. The number of nitrogens with two attached hydrogens (primary N) is 2. The van der Waals surface area contributed by atoms with Gasteiger partial charge in [0.1, 0.15) is 11.7 Å². The van der Waals surface area contributed by atoms with Crippen molar-refractivity contribution in [1.82, 2.24) is 14.9 Å². The molecular formula is C28H30N8. The van der Waals surface area contributed by atoms with Gasteiger partial charge in [0.25, 0.3) is 0 Å². The summed E-state index contributed by atoms with van der Waals surface area (Å²) in [6.07, 6.45) is 14.2. The highest BCUT2D eigenvalue weighted by Crippen LogP contribution is 2.23. The number of nitriles is 1. The summed E-state index contributed by atoms with van der Waals surface area (Å²) in [5.74, 6) is 2.13. The number of aromatic nitrogens is 2. The van der Waals surface area contributed by atoms with Crippen molar-refractivity contribution in [2.45, 2.75) is 13.3 Å². The second-order valence-corrected chi connectivity index (χ2v) is 8.55. The van der Waals surface area contributed by atoms with Crippen LogP contribution in [0.5, 0.6) is 0 Å². The average molecular weight is 479 g/mol. The van der Waals surface area contributed by atoms with Crippen LogP contribution in [0.25, 0.3) is 12.2 Å². The highest BCUT2D eigenvalue weighted by atomic mass is 15.3. The first-order chi connectivity index (χ1) is 17.5. The van der Waals surface area contributed by atoms with E-state index in [-0.39, 0.29) is 0 Å². The molecule has 36 heavy (non-hydrogen) atoms. The molecule has 1 aromatic heterocycles. The Morgan fingerprint density at radius 1 is 1.00 bits per heavy atom. The van der Waals surface area contributed by atoms with E-state index in [1.807, 2.05) is 66.8 Å². The van der Waals surface area contributed by atoms with Crippen LogP contribution in [0.3, 0.4) is 0 Å². The summed E-state index contributed by atoms with van der Waals surface area (Å²) >= 11 is 0. The third-order valence-corrected chi connectivity index (χ3v) is 5.76. The number of rotatable bonds is 6. The number of piperazine rings is 1. The van der Waals surface area contributed by atoms with E-state index in [1.165, 1.54) is 0 Å². The Morgan fingerprint density at radius 3 is 2.47 bits per heavy atom. The Morgan fingerprint density at radius 2 is 1.75 bits per heavy atom. The van der Waals surface area contributed by atoms with Crippen LogP contribution in [0.1, 0.15) is 24.7 Å². The summed E-state index contributed by atoms with van der Waals surface area (Å²) in [5.41, 5.74) is 15.3. The molecule has 0 atom stereocenters. The maximum absolute atomic E-state index is 9.16. The highest BCUT2D eigenvalue weighted by molar-refractivity contribution is 5.93. The van der Waals surface area contributed by atoms with Crippen LogP contribution in [0.2, 0.25) is 0 Å². The summed E-state index contributed by atoms with van der Waals surface area (Å²) in [5, 5.41) is 9.16. The second-order valence-electron chi connectivity index (χ2n) is 8.55. The SMILES string of the molecule is C/C(N)=C/C(N)=N\c1cc(N2CCN(C3=CCC=C(C#N)C=C3)CC2)nc(/C=C/c2ccccc2)n1. The second kappa shape index (κ2) is 11.7. The van der Waals surface area contributed by atoms with Gasteiger partial charge in [0, 0.05) is 49.2 Å². The maximum Gasteiger partial charge on any atom is 0.160 e. The molecule has 1 aliphatic heterocycles. The minimum absolute atomic E-state index is 0.292. The molecular weight excluding hydrogens is 448 g/mol. The number of benzene rings is 1. The van der Waals surface area contributed by atoms with E-state index in [0.717, 1.165) is 49.7 Å². The van der Waals surface area contributed by atoms with Crippen molar-refractivity contribution in [3.63, 3.8) is 0 Å². The predicted octanol–water partition coefficient (Wildman–Crippen LogP) is 3.91. The average Bonchev–Trinajstić information content (AvgIpc) is 3.13. The molecule has 1 fully saturated rings. The van der Waals surface area contributed by atoms with Gasteiger partial charge in [-0.3, -0.25) is 0 Å². The topological polar surface area (TPSA) is 120 Å². The molecule has 4 rings (SSSR count). The smallest absolute Gasteiger partial charge is 0.160 e. The molecule has 2 aliphatic rings. The quantitative estimate of drug-likeness (QED) is 0.477. The predicted molar refractivity (Wildman–Crippen MR) is 146 cm³/mol. The molecule has 182 valence electrons. The molecule has 1 aliphatic carbocycles. The van der Waals surface area contributed by atoms with Gasteiger partial charge >= 0.3 is 0 Å². The fourth-order valence-corrected chi connectivity index (χ4v) is 4.00. The molecule has 8 nitrogen and oxygen atoms in total. The summed E-state index contributed by atoms with van der Waals surface area (Å²) in [6.45, 7) is 5.03. The van der Waals surface area contributed by atoms with Crippen molar-refractivity contribution in [2.75, 3.05) is 31.1 Å². The van der Waals surface area contributed by atoms with Crippen molar-refractivity contribution < 1.29 is 0 Å². The van der Waals surface area contributed by atoms with Gasteiger partial charge in [-0.05, 0) is 43.2 Å². The Hall–Kier alpha value is -4.64. The molecule has 0 bridgehead atoms. The van der Waals surface area contributed by atoms with Gasteiger partial charge in [-0.2, -0.15) is 5.26 Å². The number of anilines is 1. The highest BCUT2D eigenvalue weighted by Gasteiger charge is 2.20. The first kappa shape index (κ1) is 24.5. The van der Waals surface area contributed by atoms with E-state index in [2.05, 4.69) is 31.9 Å². The van der Waals surface area contributed by atoms with E-state index in [9.17, 15) is 0 Å². The van der Waals surface area contributed by atoms with Crippen molar-refractivity contribution in [3.8, 4) is 6.07 Å². The number of aliphatic imine (C=N–C) groups is 1. The van der Waals surface area contributed by atoms with Crippen molar-refractivity contribution in [2.24, 2.45) is 16.5 Å². The molecule has 1 aromatic carbocycles. The zero-order chi connectivity index (χ0) is 25.3. The van der Waals surface area contributed by atoms with E-state index in [1.54, 1.807) is 13.0 Å². The van der Waals surface area contributed by atoms with Gasteiger partial charge in [0.15, 0.2) is 11.6 Å². The van der Waals surface area contributed by atoms with E-state index in [0.29, 0.717) is 28.7 Å². The standard InChI is InChI=1S/C28H30N8/c1-21(30)18-25(31)32-27-19-28(34-26(33-27)13-11-22-6-3-2-4-7-22)36-16-14-35(15-17-36)24-9-5-8-23(20-29)10-12-24/h2-4,6-13,18-19H,5,14-17,30H2,1H3,(H2,31,32,33,34)/b13-11+,21-18-. The van der Waals surface area contributed by atoms with Crippen LogP contribution in [0.4, 0.5) is 11.6 Å². The number of hydrogen-bond donors (Lipinski definition) is 2. The summed E-state index contributed by atoms with van der Waals surface area (Å²) in [4.78, 5) is 18.4. The van der Waals surface area contributed by atoms with Crippen LogP contribution in [-0.2, 0) is 0 Å². The van der Waals surface area contributed by atoms with E-state index >= 15 is 0 Å². The Balaban J connectivity index is 1.55. The molecule has 2 aromatic rings. The summed E-state index contributed by atoms with van der Waals surface area (Å²) in [6, 6.07) is 14.1. The molecule has 4 N–H and O–H groups in total. The zero-order valence-corrected chi connectivity index (χ0v) is 20.4. The van der Waals surface area contributed by atoms with Gasteiger partial charge in [-0.25, -0.2) is 15.0 Å². The molecule has 1 saturated heterocycles. The molecule has 0 radical (unpaired) electrons. The van der Waals surface area contributed by atoms with Gasteiger partial charge < -0.3 is 21.3 Å². The summed E-state index contributed by atoms with van der Waals surface area (Å²) < 4.78 is 0. The van der Waals surface area contributed by atoms with Crippen molar-refractivity contribution in [3.05, 3.63) is 95.1 Å². The van der Waals surface area contributed by atoms with E-state index < -0.39 is 0 Å². The number of allylic oxidation sites excluding steroid dienone is 6. The minimum Gasteiger partial charge on any atom is -0.402 e. The van der Waals surface area contributed by atoms with Crippen molar-refractivity contribution >= 4 is 29.6 Å². The van der Waals surface area contributed by atoms with Crippen molar-refractivity contribution in [1.29, 1.82) is 5.26 Å². The molecule has 0 amide bonds. The molecule has 0 spiro atoms. The maximum atomic E-state index is 9.16. The van der Waals surface area contributed by atoms with Gasteiger partial charge in [0.2, 0.25) is 0 Å². The lowest BCUT2D eigenvalue weighted by molar-refractivity contribution is 0.329. The normalized spacial score (nSPS) is 17.0. The zero-order valence-electron chi connectivity index (χ0n) is 20.4. The monoisotopic (exact) mass is 478 g/mol. The fraction of sp³-hybridized carbons (Fsp3) is 0.214. The lowest BCUT2D eigenvalue weighted by Gasteiger charge is -2.37. The molecule has 0 unspecified atom stereocenters. The van der Waals surface area contributed by atoms with Crippen LogP contribution < -0.4 is 16.4 Å². The van der Waals surface area contributed by atoms with Gasteiger partial charge in [-0.15, -0.1) is 0 Å². The van der Waals surface area contributed by atoms with E-state index in [4.69, 9.17) is 21.7 Å². The Labute approximate surface area is 212 Å². The Bertz CT molecular complexity index is 1300. The largest absolute Gasteiger partial charge is 0.402 e. The molecule has 2 heterocycles. The van der Waals surface area contributed by atoms with Gasteiger partial charge in [-0.1, -0.05) is 48.6 Å². The number of nitrogens with zero attached hydrogens (tertiary/aromatic N) is 6. The lowest BCUT2D eigenvalue weighted by atomic mass is 10.2. The number of hydrogen-bond acceptors (Lipinski definition) is 7. The molecule has 8 heteroatoms. The minimum atomic E-state index is 0.292. The first-order valence-corrected chi connectivity index (χ1v) is 11.9. The lowest BCUT2D eigenvalue weighted by Crippen LogP contribution is -2.46. The number of amidine groups is 1. The Kier molecular flexibility index (Phi) is 7.94. The summed E-state index contributed by atoms with van der Waals surface area (Å²) in [7, 11) is 0.